The van der Waals surface area contributed by atoms with Gasteiger partial charge in [0.25, 0.3) is 0 Å². The van der Waals surface area contributed by atoms with Crippen LogP contribution in [0.25, 0.3) is 5.57 Å². The second kappa shape index (κ2) is 5.00. The summed E-state index contributed by atoms with van der Waals surface area (Å²) in [6, 6.07) is 7.55. The predicted octanol–water partition coefficient (Wildman–Crippen LogP) is 3.60. The summed E-state index contributed by atoms with van der Waals surface area (Å²) in [5, 5.41) is 0. The maximum Gasteiger partial charge on any atom is 0.337 e. The van der Waals surface area contributed by atoms with Gasteiger partial charge >= 0.3 is 5.97 Å². The maximum absolute atomic E-state index is 11.3. The fraction of sp³-hybridized carbons (Fsp3) is 0.267. The topological polar surface area (TPSA) is 26.3 Å². The first-order valence-electron chi connectivity index (χ1n) is 5.78. The third-order valence-electron chi connectivity index (χ3n) is 3.00. The Kier molecular flexibility index (Phi) is 3.43. The second-order valence-corrected chi connectivity index (χ2v) is 4.25. The first-order valence-corrected chi connectivity index (χ1v) is 5.78. The summed E-state index contributed by atoms with van der Waals surface area (Å²) in [6.07, 6.45) is 5.47. The van der Waals surface area contributed by atoms with Crippen molar-refractivity contribution in [3.63, 3.8) is 0 Å². The summed E-state index contributed by atoms with van der Waals surface area (Å²) in [4.78, 5) is 11.3. The Morgan fingerprint density at radius 3 is 2.53 bits per heavy atom. The Morgan fingerprint density at radius 1 is 1.24 bits per heavy atom. The van der Waals surface area contributed by atoms with E-state index in [1.807, 2.05) is 12.1 Å². The summed E-state index contributed by atoms with van der Waals surface area (Å²) in [5.74, 6) is -0.293. The van der Waals surface area contributed by atoms with Gasteiger partial charge < -0.3 is 4.74 Å². The Balaban J connectivity index is 2.23. The highest BCUT2D eigenvalue weighted by Gasteiger charge is 2.09. The van der Waals surface area contributed by atoms with Crippen LogP contribution >= 0.6 is 0 Å². The van der Waals surface area contributed by atoms with Crippen LogP contribution in [0.15, 0.2) is 42.5 Å². The summed E-state index contributed by atoms with van der Waals surface area (Å²) in [6.45, 7) is 4.00. The molecule has 0 atom stereocenters. The average molecular weight is 228 g/mol. The molecule has 0 spiro atoms. The van der Waals surface area contributed by atoms with E-state index in [2.05, 4.69) is 17.4 Å². The van der Waals surface area contributed by atoms with E-state index >= 15 is 0 Å². The number of rotatable bonds is 2. The number of esters is 1. The van der Waals surface area contributed by atoms with E-state index in [1.54, 1.807) is 12.1 Å². The van der Waals surface area contributed by atoms with Crippen LogP contribution in [0.5, 0.6) is 0 Å². The molecule has 1 aliphatic rings. The average Bonchev–Trinajstić information content (AvgIpc) is 2.38. The minimum atomic E-state index is -0.293. The molecule has 1 aromatic carbocycles. The van der Waals surface area contributed by atoms with E-state index < -0.39 is 0 Å². The molecular formula is C15H16O2. The lowest BCUT2D eigenvalue weighted by atomic mass is 9.91. The molecule has 0 aliphatic heterocycles. The van der Waals surface area contributed by atoms with Crippen LogP contribution in [-0.2, 0) is 4.74 Å². The molecule has 0 saturated heterocycles. The zero-order valence-corrected chi connectivity index (χ0v) is 10.0. The van der Waals surface area contributed by atoms with Gasteiger partial charge in [0.2, 0.25) is 0 Å². The summed E-state index contributed by atoms with van der Waals surface area (Å²) < 4.78 is 4.67. The van der Waals surface area contributed by atoms with E-state index in [4.69, 9.17) is 0 Å². The van der Waals surface area contributed by atoms with Crippen LogP contribution in [0, 0.1) is 0 Å². The number of carbonyl (C=O) groups excluding carboxylic acids is 1. The quantitative estimate of drug-likeness (QED) is 0.723. The van der Waals surface area contributed by atoms with Crippen molar-refractivity contribution in [3.8, 4) is 0 Å². The third kappa shape index (κ3) is 2.64. The van der Waals surface area contributed by atoms with Gasteiger partial charge in [-0.05, 0) is 42.5 Å². The van der Waals surface area contributed by atoms with Crippen molar-refractivity contribution in [3.05, 3.63) is 53.6 Å². The molecule has 0 amide bonds. The van der Waals surface area contributed by atoms with Crippen LogP contribution < -0.4 is 0 Å². The monoisotopic (exact) mass is 228 g/mol. The van der Waals surface area contributed by atoms with Gasteiger partial charge in [-0.2, -0.15) is 0 Å². The molecule has 2 rings (SSSR count). The lowest BCUT2D eigenvalue weighted by Crippen LogP contribution is -2.01. The minimum absolute atomic E-state index is 0.293. The van der Waals surface area contributed by atoms with Gasteiger partial charge in [0.05, 0.1) is 12.7 Å². The first-order chi connectivity index (χ1) is 8.20. The summed E-state index contributed by atoms with van der Waals surface area (Å²) >= 11 is 0. The first kappa shape index (κ1) is 11.6. The number of methoxy groups -OCH3 is 1. The Morgan fingerprint density at radius 2 is 1.94 bits per heavy atom. The fourth-order valence-electron chi connectivity index (χ4n) is 2.06. The SMILES string of the molecule is C=C1C=C(c2ccc(C(=O)OC)cc2)CCC1. The molecule has 0 unspecified atom stereocenters. The largest absolute Gasteiger partial charge is 0.465 e. The van der Waals surface area contributed by atoms with Gasteiger partial charge in [-0.15, -0.1) is 0 Å². The third-order valence-corrected chi connectivity index (χ3v) is 3.00. The lowest BCUT2D eigenvalue weighted by molar-refractivity contribution is 0.0601. The van der Waals surface area contributed by atoms with Gasteiger partial charge in [0.15, 0.2) is 0 Å². The molecular weight excluding hydrogens is 212 g/mol. The minimum Gasteiger partial charge on any atom is -0.465 e. The zero-order chi connectivity index (χ0) is 12.3. The molecule has 0 fully saturated rings. The van der Waals surface area contributed by atoms with Crippen LogP contribution in [0.1, 0.15) is 35.2 Å². The van der Waals surface area contributed by atoms with Crippen LogP contribution in [0.4, 0.5) is 0 Å². The second-order valence-electron chi connectivity index (χ2n) is 4.25. The molecule has 0 bridgehead atoms. The van der Waals surface area contributed by atoms with Gasteiger partial charge in [-0.1, -0.05) is 30.4 Å². The molecule has 2 nitrogen and oxygen atoms in total. The summed E-state index contributed by atoms with van der Waals surface area (Å²) in [5.41, 5.74) is 4.24. The number of hydrogen-bond acceptors (Lipinski definition) is 2. The zero-order valence-electron chi connectivity index (χ0n) is 10.0. The van der Waals surface area contributed by atoms with E-state index in [-0.39, 0.29) is 5.97 Å². The van der Waals surface area contributed by atoms with Crippen LogP contribution in [0.3, 0.4) is 0 Å². The number of carbonyl (C=O) groups is 1. The molecule has 0 N–H and O–H groups in total. The number of allylic oxidation sites excluding steroid dienone is 3. The summed E-state index contributed by atoms with van der Waals surface area (Å²) in [7, 11) is 1.39. The number of benzene rings is 1. The van der Waals surface area contributed by atoms with Gasteiger partial charge in [0.1, 0.15) is 0 Å². The van der Waals surface area contributed by atoms with Crippen molar-refractivity contribution in [1.82, 2.24) is 0 Å². The molecule has 0 radical (unpaired) electrons. The Bertz CT molecular complexity index is 466. The number of hydrogen-bond donors (Lipinski definition) is 0. The van der Waals surface area contributed by atoms with Crippen molar-refractivity contribution >= 4 is 11.5 Å². The molecule has 2 heteroatoms. The normalized spacial score (nSPS) is 15.4. The van der Waals surface area contributed by atoms with Gasteiger partial charge in [-0.3, -0.25) is 0 Å². The molecule has 88 valence electrons. The smallest absolute Gasteiger partial charge is 0.337 e. The van der Waals surface area contributed by atoms with Crippen molar-refractivity contribution in [1.29, 1.82) is 0 Å². The highest BCUT2D eigenvalue weighted by atomic mass is 16.5. The van der Waals surface area contributed by atoms with Crippen LogP contribution in [-0.4, -0.2) is 13.1 Å². The van der Waals surface area contributed by atoms with E-state index in [0.717, 1.165) is 19.3 Å². The fourth-order valence-corrected chi connectivity index (χ4v) is 2.06. The van der Waals surface area contributed by atoms with Gasteiger partial charge in [-0.25, -0.2) is 4.79 Å². The molecule has 0 heterocycles. The highest BCUT2D eigenvalue weighted by molar-refractivity contribution is 5.89. The van der Waals surface area contributed by atoms with E-state index in [9.17, 15) is 4.79 Å². The van der Waals surface area contributed by atoms with Crippen molar-refractivity contribution in [2.24, 2.45) is 0 Å². The molecule has 0 aromatic heterocycles. The number of ether oxygens (including phenoxy) is 1. The molecule has 1 aliphatic carbocycles. The standard InChI is InChI=1S/C15H16O2/c1-11-4-3-5-14(10-11)12-6-8-13(9-7-12)15(16)17-2/h6-10H,1,3-5H2,2H3. The van der Waals surface area contributed by atoms with E-state index in [1.165, 1.54) is 23.8 Å². The lowest BCUT2D eigenvalue weighted by Gasteiger charge is -2.14. The molecule has 17 heavy (non-hydrogen) atoms. The van der Waals surface area contributed by atoms with Gasteiger partial charge in [0, 0.05) is 0 Å². The van der Waals surface area contributed by atoms with E-state index in [0.29, 0.717) is 5.56 Å². The van der Waals surface area contributed by atoms with Crippen molar-refractivity contribution in [2.75, 3.05) is 7.11 Å². The highest BCUT2D eigenvalue weighted by Crippen LogP contribution is 2.28. The van der Waals surface area contributed by atoms with Crippen LogP contribution in [0.2, 0.25) is 0 Å². The molecule has 0 saturated carbocycles. The Labute approximate surface area is 102 Å². The maximum atomic E-state index is 11.3. The van der Waals surface area contributed by atoms with Crippen molar-refractivity contribution < 1.29 is 9.53 Å². The van der Waals surface area contributed by atoms with Crippen molar-refractivity contribution in [2.45, 2.75) is 19.3 Å². The Hall–Kier alpha value is -1.83. The molecule has 1 aromatic rings. The predicted molar refractivity (Wildman–Crippen MR) is 68.7 cm³/mol.